The topological polar surface area (TPSA) is 84.2 Å². The molecule has 2 amide bonds. The molecule has 128 valence electrons. The predicted octanol–water partition coefficient (Wildman–Crippen LogP) is 2.71. The molecular formula is C17H26ClN3O2. The van der Waals surface area contributed by atoms with Gasteiger partial charge in [-0.2, -0.15) is 0 Å². The van der Waals surface area contributed by atoms with Crippen LogP contribution in [0.4, 0.5) is 5.69 Å². The Morgan fingerprint density at radius 2 is 1.91 bits per heavy atom. The van der Waals surface area contributed by atoms with E-state index in [-0.39, 0.29) is 29.6 Å². The first-order valence-corrected chi connectivity index (χ1v) is 7.91. The van der Waals surface area contributed by atoms with Crippen LogP contribution in [0, 0.1) is 5.41 Å². The molecule has 1 saturated carbocycles. The molecule has 4 N–H and O–H groups in total. The van der Waals surface area contributed by atoms with Gasteiger partial charge in [0.2, 0.25) is 5.91 Å². The summed E-state index contributed by atoms with van der Waals surface area (Å²) in [6.45, 7) is 0.554. The van der Waals surface area contributed by atoms with Gasteiger partial charge < -0.3 is 16.4 Å². The van der Waals surface area contributed by atoms with Gasteiger partial charge in [0.05, 0.1) is 0 Å². The van der Waals surface area contributed by atoms with E-state index in [0.717, 1.165) is 25.7 Å². The highest BCUT2D eigenvalue weighted by molar-refractivity contribution is 5.97. The van der Waals surface area contributed by atoms with Crippen molar-refractivity contribution in [3.8, 4) is 0 Å². The Morgan fingerprint density at radius 3 is 2.52 bits per heavy atom. The molecule has 0 aliphatic heterocycles. The lowest BCUT2D eigenvalue weighted by molar-refractivity contribution is -0.118. The number of hydrogen-bond acceptors (Lipinski definition) is 3. The highest BCUT2D eigenvalue weighted by Crippen LogP contribution is 2.38. The zero-order valence-corrected chi connectivity index (χ0v) is 14.4. The van der Waals surface area contributed by atoms with Crippen molar-refractivity contribution in [3.63, 3.8) is 0 Å². The van der Waals surface area contributed by atoms with Gasteiger partial charge in [-0.3, -0.25) is 9.59 Å². The fraction of sp³-hybridized carbons (Fsp3) is 0.529. The molecule has 2 rings (SSSR count). The largest absolute Gasteiger partial charge is 0.355 e. The van der Waals surface area contributed by atoms with E-state index in [1.165, 1.54) is 6.42 Å². The van der Waals surface area contributed by atoms with E-state index in [2.05, 4.69) is 10.6 Å². The van der Waals surface area contributed by atoms with E-state index < -0.39 is 0 Å². The predicted molar refractivity (Wildman–Crippen MR) is 94.9 cm³/mol. The number of nitrogens with one attached hydrogen (secondary N) is 2. The van der Waals surface area contributed by atoms with Crippen molar-refractivity contribution < 1.29 is 9.59 Å². The Labute approximate surface area is 143 Å². The van der Waals surface area contributed by atoms with Gasteiger partial charge in [-0.15, -0.1) is 12.4 Å². The fourth-order valence-corrected chi connectivity index (χ4v) is 3.18. The third-order valence-corrected chi connectivity index (χ3v) is 4.52. The van der Waals surface area contributed by atoms with Crippen molar-refractivity contribution in [2.24, 2.45) is 11.1 Å². The third-order valence-electron chi connectivity index (χ3n) is 4.52. The van der Waals surface area contributed by atoms with Crippen LogP contribution >= 0.6 is 12.4 Å². The minimum Gasteiger partial charge on any atom is -0.355 e. The average Bonchev–Trinajstić information content (AvgIpc) is 2.55. The van der Waals surface area contributed by atoms with Crippen LogP contribution in [-0.4, -0.2) is 25.4 Å². The molecule has 0 unspecified atom stereocenters. The summed E-state index contributed by atoms with van der Waals surface area (Å²) in [5.74, 6) is -0.191. The average molecular weight is 340 g/mol. The Kier molecular flexibility index (Phi) is 7.52. The Balaban J connectivity index is 0.00000264. The number of carbonyl (C=O) groups excluding carboxylic acids is 2. The number of anilines is 1. The summed E-state index contributed by atoms with van der Waals surface area (Å²) in [6, 6.07) is 6.96. The number of halogens is 1. The second-order valence-corrected chi connectivity index (χ2v) is 6.15. The van der Waals surface area contributed by atoms with Crippen molar-refractivity contribution in [1.29, 1.82) is 0 Å². The first-order valence-electron chi connectivity index (χ1n) is 7.91. The van der Waals surface area contributed by atoms with Crippen LogP contribution in [-0.2, 0) is 4.79 Å². The first-order chi connectivity index (χ1) is 10.6. The number of hydrogen-bond donors (Lipinski definition) is 3. The normalized spacial score (nSPS) is 16.1. The molecule has 1 aromatic rings. The van der Waals surface area contributed by atoms with Crippen molar-refractivity contribution in [2.75, 3.05) is 18.9 Å². The Hall–Kier alpha value is -1.59. The second-order valence-electron chi connectivity index (χ2n) is 6.15. The van der Waals surface area contributed by atoms with Gasteiger partial charge in [-0.05, 0) is 43.0 Å². The van der Waals surface area contributed by atoms with E-state index in [1.54, 1.807) is 31.3 Å². The second kappa shape index (κ2) is 8.89. The van der Waals surface area contributed by atoms with Gasteiger partial charge in [0, 0.05) is 24.7 Å². The number of rotatable bonds is 5. The highest BCUT2D eigenvalue weighted by atomic mass is 35.5. The van der Waals surface area contributed by atoms with Gasteiger partial charge in [0.25, 0.3) is 5.91 Å². The smallest absolute Gasteiger partial charge is 0.251 e. The molecule has 0 saturated heterocycles. The lowest BCUT2D eigenvalue weighted by Crippen LogP contribution is -2.36. The van der Waals surface area contributed by atoms with Crippen LogP contribution < -0.4 is 16.4 Å². The van der Waals surface area contributed by atoms with E-state index in [9.17, 15) is 9.59 Å². The Bertz CT molecular complexity index is 542. The van der Waals surface area contributed by atoms with Crippen molar-refractivity contribution in [2.45, 2.75) is 38.5 Å². The van der Waals surface area contributed by atoms with Crippen LogP contribution in [0.15, 0.2) is 24.3 Å². The molecule has 6 heteroatoms. The fourth-order valence-electron chi connectivity index (χ4n) is 3.18. The summed E-state index contributed by atoms with van der Waals surface area (Å²) in [7, 11) is 1.58. The molecule has 0 radical (unpaired) electrons. The minimum absolute atomic E-state index is 0. The summed E-state index contributed by atoms with van der Waals surface area (Å²) >= 11 is 0. The van der Waals surface area contributed by atoms with E-state index in [0.29, 0.717) is 24.2 Å². The zero-order valence-electron chi connectivity index (χ0n) is 13.6. The highest BCUT2D eigenvalue weighted by Gasteiger charge is 2.32. The molecule has 5 nitrogen and oxygen atoms in total. The first kappa shape index (κ1) is 19.5. The summed E-state index contributed by atoms with van der Waals surface area (Å²) in [5.41, 5.74) is 7.06. The summed E-state index contributed by atoms with van der Waals surface area (Å²) in [5, 5.41) is 5.47. The molecule has 1 fully saturated rings. The molecule has 0 atom stereocenters. The number of amides is 2. The van der Waals surface area contributed by atoms with Crippen LogP contribution in [0.5, 0.6) is 0 Å². The maximum Gasteiger partial charge on any atom is 0.251 e. The molecule has 1 aliphatic rings. The van der Waals surface area contributed by atoms with E-state index in [4.69, 9.17) is 5.73 Å². The maximum atomic E-state index is 12.3. The number of benzene rings is 1. The van der Waals surface area contributed by atoms with Gasteiger partial charge in [0.15, 0.2) is 0 Å². The quantitative estimate of drug-likeness (QED) is 0.771. The maximum absolute atomic E-state index is 12.3. The van der Waals surface area contributed by atoms with Crippen molar-refractivity contribution in [1.82, 2.24) is 5.32 Å². The van der Waals surface area contributed by atoms with Crippen molar-refractivity contribution in [3.05, 3.63) is 29.8 Å². The monoisotopic (exact) mass is 339 g/mol. The molecule has 23 heavy (non-hydrogen) atoms. The lowest BCUT2D eigenvalue weighted by Gasteiger charge is -2.35. The summed E-state index contributed by atoms with van der Waals surface area (Å²) in [6.07, 6.45) is 6.03. The van der Waals surface area contributed by atoms with Gasteiger partial charge >= 0.3 is 0 Å². The van der Waals surface area contributed by atoms with Crippen LogP contribution in [0.25, 0.3) is 0 Å². The lowest BCUT2D eigenvalue weighted by atomic mass is 9.71. The molecule has 0 aromatic heterocycles. The summed E-state index contributed by atoms with van der Waals surface area (Å²) < 4.78 is 0. The van der Waals surface area contributed by atoms with Crippen molar-refractivity contribution >= 4 is 29.9 Å². The molecule has 0 heterocycles. The molecular weight excluding hydrogens is 314 g/mol. The van der Waals surface area contributed by atoms with Gasteiger partial charge in [-0.1, -0.05) is 25.3 Å². The standard InChI is InChI=1S/C17H25N3O2.ClH/c1-19-16(22)13-6-5-7-14(10-13)20-15(21)11-17(12-18)8-3-2-4-9-17;/h5-7,10H,2-4,8-9,11-12,18H2,1H3,(H,19,22)(H,20,21);1H. The minimum atomic E-state index is -0.165. The SMILES string of the molecule is CNC(=O)c1cccc(NC(=O)CC2(CN)CCCCC2)c1.Cl. The van der Waals surface area contributed by atoms with Crippen LogP contribution in [0.1, 0.15) is 48.9 Å². The third kappa shape index (κ3) is 5.22. The molecule has 1 aromatic carbocycles. The van der Waals surface area contributed by atoms with Gasteiger partial charge in [0.1, 0.15) is 0 Å². The van der Waals surface area contributed by atoms with E-state index in [1.807, 2.05) is 0 Å². The molecule has 1 aliphatic carbocycles. The number of carbonyl (C=O) groups is 2. The number of nitrogens with two attached hydrogens (primary N) is 1. The molecule has 0 spiro atoms. The van der Waals surface area contributed by atoms with E-state index >= 15 is 0 Å². The van der Waals surface area contributed by atoms with Crippen LogP contribution in [0.3, 0.4) is 0 Å². The Morgan fingerprint density at radius 1 is 1.22 bits per heavy atom. The summed E-state index contributed by atoms with van der Waals surface area (Å²) in [4.78, 5) is 24.0. The van der Waals surface area contributed by atoms with Gasteiger partial charge in [-0.25, -0.2) is 0 Å². The molecule has 0 bridgehead atoms. The zero-order chi connectivity index (χ0) is 16.0. The van der Waals surface area contributed by atoms with Crippen LogP contribution in [0.2, 0.25) is 0 Å².